The molecule has 6 heteroatoms. The number of carbonyl (C=O) groups excluding carboxylic acids is 1. The van der Waals surface area contributed by atoms with Gasteiger partial charge in [-0.15, -0.1) is 10.2 Å². The van der Waals surface area contributed by atoms with Gasteiger partial charge in [0.05, 0.1) is 13.1 Å². The predicted octanol–water partition coefficient (Wildman–Crippen LogP) is -0.0750. The molecule has 82 valence electrons. The largest absolute Gasteiger partial charge is 0.307 e. The number of nitrogens with one attached hydrogen (secondary N) is 1. The van der Waals surface area contributed by atoms with E-state index in [1.165, 1.54) is 11.2 Å². The molecule has 1 aliphatic rings. The lowest BCUT2D eigenvalue weighted by atomic mass is 10.1. The molecule has 1 saturated heterocycles. The fourth-order valence-electron chi connectivity index (χ4n) is 1.79. The quantitative estimate of drug-likeness (QED) is 0.690. The minimum absolute atomic E-state index is 0.0370. The van der Waals surface area contributed by atoms with Gasteiger partial charge in [-0.1, -0.05) is 12.8 Å². The average Bonchev–Trinajstić information content (AvgIpc) is 2.53. The Morgan fingerprint density at radius 3 is 3.07 bits per heavy atom. The number of carbonyl (C=O) groups is 1. The van der Waals surface area contributed by atoms with Gasteiger partial charge in [-0.25, -0.2) is 0 Å². The summed E-state index contributed by atoms with van der Waals surface area (Å²) in [5, 5.41) is 14.5. The SMILES string of the molecule is Cn1nnc(C(=O)C2CCCCCN2)n1. The summed E-state index contributed by atoms with van der Waals surface area (Å²) >= 11 is 0. The van der Waals surface area contributed by atoms with Crippen LogP contribution in [0.4, 0.5) is 0 Å². The summed E-state index contributed by atoms with van der Waals surface area (Å²) in [6, 6.07) is -0.128. The zero-order valence-electron chi connectivity index (χ0n) is 8.81. The first-order chi connectivity index (χ1) is 7.27. The number of hydrogen-bond donors (Lipinski definition) is 1. The van der Waals surface area contributed by atoms with E-state index in [1.807, 2.05) is 0 Å². The normalized spacial score (nSPS) is 22.3. The molecular weight excluding hydrogens is 194 g/mol. The number of hydrogen-bond acceptors (Lipinski definition) is 5. The van der Waals surface area contributed by atoms with Gasteiger partial charge in [0.15, 0.2) is 0 Å². The van der Waals surface area contributed by atoms with Gasteiger partial charge < -0.3 is 5.32 Å². The van der Waals surface area contributed by atoms with Crippen molar-refractivity contribution in [2.24, 2.45) is 7.05 Å². The molecule has 2 heterocycles. The topological polar surface area (TPSA) is 72.7 Å². The summed E-state index contributed by atoms with van der Waals surface area (Å²) in [5.41, 5.74) is 0. The van der Waals surface area contributed by atoms with Crippen LogP contribution in [-0.2, 0) is 7.05 Å². The highest BCUT2D eigenvalue weighted by atomic mass is 16.1. The Morgan fingerprint density at radius 2 is 2.33 bits per heavy atom. The van der Waals surface area contributed by atoms with Crippen LogP contribution in [0.3, 0.4) is 0 Å². The number of tetrazole rings is 1. The summed E-state index contributed by atoms with van der Waals surface area (Å²) in [7, 11) is 1.66. The molecule has 6 nitrogen and oxygen atoms in total. The maximum Gasteiger partial charge on any atom is 0.242 e. The van der Waals surface area contributed by atoms with Gasteiger partial charge in [-0.2, -0.15) is 4.80 Å². The van der Waals surface area contributed by atoms with Crippen molar-refractivity contribution in [2.45, 2.75) is 31.7 Å². The first-order valence-corrected chi connectivity index (χ1v) is 5.29. The molecule has 0 spiro atoms. The molecule has 15 heavy (non-hydrogen) atoms. The molecule has 1 N–H and O–H groups in total. The molecule has 1 aliphatic heterocycles. The number of rotatable bonds is 2. The fraction of sp³-hybridized carbons (Fsp3) is 0.778. The maximum absolute atomic E-state index is 11.9. The Hall–Kier alpha value is -1.30. The number of aryl methyl sites for hydroxylation is 1. The van der Waals surface area contributed by atoms with E-state index in [1.54, 1.807) is 7.05 Å². The molecule has 0 bridgehead atoms. The molecular formula is C9H15N5O. The van der Waals surface area contributed by atoms with Crippen molar-refractivity contribution in [3.63, 3.8) is 0 Å². The predicted molar refractivity (Wildman–Crippen MR) is 53.4 cm³/mol. The minimum Gasteiger partial charge on any atom is -0.307 e. The molecule has 1 fully saturated rings. The van der Waals surface area contributed by atoms with E-state index in [-0.39, 0.29) is 17.6 Å². The molecule has 0 saturated carbocycles. The standard InChI is InChI=1S/C9H15N5O/c1-14-12-9(11-13-14)8(15)7-5-3-2-4-6-10-7/h7,10H,2-6H2,1H3. The highest BCUT2D eigenvalue weighted by Gasteiger charge is 2.24. The lowest BCUT2D eigenvalue weighted by molar-refractivity contribution is 0.0930. The first-order valence-electron chi connectivity index (χ1n) is 5.29. The van der Waals surface area contributed by atoms with E-state index >= 15 is 0 Å². The van der Waals surface area contributed by atoms with Gasteiger partial charge in [0.25, 0.3) is 0 Å². The number of ketones is 1. The summed E-state index contributed by atoms with van der Waals surface area (Å²) in [6.45, 7) is 0.899. The van der Waals surface area contributed by atoms with Gasteiger partial charge in [0.1, 0.15) is 0 Å². The van der Waals surface area contributed by atoms with Crippen LogP contribution in [0.1, 0.15) is 36.3 Å². The van der Waals surface area contributed by atoms with E-state index in [4.69, 9.17) is 0 Å². The highest BCUT2D eigenvalue weighted by molar-refractivity contribution is 5.96. The van der Waals surface area contributed by atoms with E-state index in [0.717, 1.165) is 25.8 Å². The molecule has 1 unspecified atom stereocenters. The molecule has 1 atom stereocenters. The smallest absolute Gasteiger partial charge is 0.242 e. The van der Waals surface area contributed by atoms with Crippen molar-refractivity contribution in [3.05, 3.63) is 5.82 Å². The van der Waals surface area contributed by atoms with Crippen molar-refractivity contribution >= 4 is 5.78 Å². The number of Topliss-reactive ketones (excluding diaryl/α,β-unsaturated/α-hetero) is 1. The molecule has 1 aromatic heterocycles. The minimum atomic E-state index is -0.128. The van der Waals surface area contributed by atoms with Crippen molar-refractivity contribution in [1.82, 2.24) is 25.5 Å². The van der Waals surface area contributed by atoms with E-state index in [9.17, 15) is 4.79 Å². The van der Waals surface area contributed by atoms with Crippen molar-refractivity contribution in [1.29, 1.82) is 0 Å². The van der Waals surface area contributed by atoms with Crippen LogP contribution in [0, 0.1) is 0 Å². The Morgan fingerprint density at radius 1 is 1.47 bits per heavy atom. The lowest BCUT2D eigenvalue weighted by Crippen LogP contribution is -2.36. The molecule has 0 amide bonds. The van der Waals surface area contributed by atoms with Gasteiger partial charge in [-0.3, -0.25) is 4.79 Å². The lowest BCUT2D eigenvalue weighted by Gasteiger charge is -2.11. The monoisotopic (exact) mass is 209 g/mol. The average molecular weight is 209 g/mol. The molecule has 0 aromatic carbocycles. The Balaban J connectivity index is 2.06. The van der Waals surface area contributed by atoms with Crippen LogP contribution in [0.2, 0.25) is 0 Å². The molecule has 0 aliphatic carbocycles. The van der Waals surface area contributed by atoms with Crippen LogP contribution < -0.4 is 5.32 Å². The molecule has 2 rings (SSSR count). The van der Waals surface area contributed by atoms with Crippen molar-refractivity contribution < 1.29 is 4.79 Å². The zero-order valence-corrected chi connectivity index (χ0v) is 8.81. The summed E-state index contributed by atoms with van der Waals surface area (Å²) < 4.78 is 0. The Kier molecular flexibility index (Phi) is 3.05. The van der Waals surface area contributed by atoms with E-state index < -0.39 is 0 Å². The molecule has 1 aromatic rings. The van der Waals surface area contributed by atoms with E-state index in [0.29, 0.717) is 0 Å². The summed E-state index contributed by atoms with van der Waals surface area (Å²) in [5.74, 6) is 0.182. The van der Waals surface area contributed by atoms with Gasteiger partial charge in [-0.05, 0) is 24.6 Å². The fourth-order valence-corrected chi connectivity index (χ4v) is 1.79. The number of aromatic nitrogens is 4. The highest BCUT2D eigenvalue weighted by Crippen LogP contribution is 2.10. The Labute approximate surface area is 88.0 Å². The van der Waals surface area contributed by atoms with Gasteiger partial charge >= 0.3 is 0 Å². The van der Waals surface area contributed by atoms with Crippen LogP contribution >= 0.6 is 0 Å². The maximum atomic E-state index is 11.9. The third-order valence-corrected chi connectivity index (χ3v) is 2.61. The molecule has 0 radical (unpaired) electrons. The number of nitrogens with zero attached hydrogens (tertiary/aromatic N) is 4. The van der Waals surface area contributed by atoms with Crippen LogP contribution in [0.5, 0.6) is 0 Å². The Bertz CT molecular complexity index is 340. The van der Waals surface area contributed by atoms with Crippen molar-refractivity contribution in [3.8, 4) is 0 Å². The second-order valence-electron chi connectivity index (χ2n) is 3.82. The van der Waals surface area contributed by atoms with E-state index in [2.05, 4.69) is 20.7 Å². The second-order valence-corrected chi connectivity index (χ2v) is 3.82. The summed E-state index contributed by atoms with van der Waals surface area (Å²) in [4.78, 5) is 13.2. The van der Waals surface area contributed by atoms with Gasteiger partial charge in [0, 0.05) is 0 Å². The van der Waals surface area contributed by atoms with Crippen molar-refractivity contribution in [2.75, 3.05) is 6.54 Å². The summed E-state index contributed by atoms with van der Waals surface area (Å²) in [6.07, 6.45) is 4.28. The third kappa shape index (κ3) is 2.38. The van der Waals surface area contributed by atoms with Crippen LogP contribution in [0.25, 0.3) is 0 Å². The zero-order chi connectivity index (χ0) is 10.7. The van der Waals surface area contributed by atoms with Crippen LogP contribution in [0.15, 0.2) is 0 Å². The first kappa shape index (κ1) is 10.2. The van der Waals surface area contributed by atoms with Gasteiger partial charge in [0.2, 0.25) is 11.6 Å². The van der Waals surface area contributed by atoms with Crippen LogP contribution in [-0.4, -0.2) is 38.6 Å². The second kappa shape index (κ2) is 4.48. The third-order valence-electron chi connectivity index (χ3n) is 2.61.